The van der Waals surface area contributed by atoms with Crippen molar-refractivity contribution in [1.29, 1.82) is 5.26 Å². The van der Waals surface area contributed by atoms with Crippen LogP contribution in [0.25, 0.3) is 32.7 Å². The van der Waals surface area contributed by atoms with Gasteiger partial charge in [0.25, 0.3) is 0 Å². The van der Waals surface area contributed by atoms with E-state index in [0.29, 0.717) is 5.56 Å². The molecule has 108 valence electrons. The summed E-state index contributed by atoms with van der Waals surface area (Å²) in [6.45, 7) is 0. The molecule has 2 heteroatoms. The molecule has 0 saturated carbocycles. The topological polar surface area (TPSA) is 23.8 Å². The van der Waals surface area contributed by atoms with Crippen molar-refractivity contribution < 1.29 is 0 Å². The third-order valence-electron chi connectivity index (χ3n) is 4.15. The van der Waals surface area contributed by atoms with E-state index in [1.165, 1.54) is 21.5 Å². The summed E-state index contributed by atoms with van der Waals surface area (Å²) >= 11 is 3.57. The maximum absolute atomic E-state index is 8.93. The summed E-state index contributed by atoms with van der Waals surface area (Å²) in [6.07, 6.45) is 0. The van der Waals surface area contributed by atoms with Crippen LogP contribution in [0.3, 0.4) is 0 Å². The molecular weight excluding hydrogens is 346 g/mol. The minimum absolute atomic E-state index is 0.684. The van der Waals surface area contributed by atoms with E-state index in [2.05, 4.69) is 70.5 Å². The van der Waals surface area contributed by atoms with Gasteiger partial charge >= 0.3 is 0 Å². The molecule has 0 aliphatic heterocycles. The smallest absolute Gasteiger partial charge is 0.0991 e. The number of nitriles is 1. The lowest BCUT2D eigenvalue weighted by atomic mass is 9.97. The van der Waals surface area contributed by atoms with E-state index in [4.69, 9.17) is 5.26 Å². The molecule has 0 bridgehead atoms. The molecule has 23 heavy (non-hydrogen) atoms. The molecule has 4 rings (SSSR count). The molecule has 0 saturated heterocycles. The van der Waals surface area contributed by atoms with Gasteiger partial charge in [-0.2, -0.15) is 5.26 Å². The summed E-state index contributed by atoms with van der Waals surface area (Å²) in [4.78, 5) is 0. The molecule has 4 aromatic carbocycles. The second-order valence-electron chi connectivity index (χ2n) is 5.56. The number of halogens is 1. The highest BCUT2D eigenvalue weighted by molar-refractivity contribution is 9.10. The second kappa shape index (κ2) is 5.53. The summed E-state index contributed by atoms with van der Waals surface area (Å²) in [7, 11) is 0. The van der Waals surface area contributed by atoms with Crippen LogP contribution in [0, 0.1) is 11.3 Å². The third-order valence-corrected chi connectivity index (χ3v) is 4.64. The predicted molar refractivity (Wildman–Crippen MR) is 99.3 cm³/mol. The van der Waals surface area contributed by atoms with Crippen LogP contribution in [0.15, 0.2) is 77.3 Å². The van der Waals surface area contributed by atoms with Crippen molar-refractivity contribution in [2.75, 3.05) is 0 Å². The Morgan fingerprint density at radius 2 is 1.22 bits per heavy atom. The molecule has 0 amide bonds. The molecule has 0 fully saturated rings. The summed E-state index contributed by atoms with van der Waals surface area (Å²) in [6, 6.07) is 27.1. The van der Waals surface area contributed by atoms with Crippen molar-refractivity contribution in [3.63, 3.8) is 0 Å². The van der Waals surface area contributed by atoms with Gasteiger partial charge in [-0.05, 0) is 63.0 Å². The first kappa shape index (κ1) is 14.0. The van der Waals surface area contributed by atoms with E-state index in [-0.39, 0.29) is 0 Å². The van der Waals surface area contributed by atoms with Crippen LogP contribution in [0.1, 0.15) is 5.56 Å². The van der Waals surface area contributed by atoms with Gasteiger partial charge < -0.3 is 0 Å². The largest absolute Gasteiger partial charge is 0.192 e. The molecule has 0 aliphatic rings. The fourth-order valence-electron chi connectivity index (χ4n) is 2.94. The highest BCUT2D eigenvalue weighted by atomic mass is 79.9. The first-order chi connectivity index (χ1) is 11.2. The maximum Gasteiger partial charge on any atom is 0.0991 e. The van der Waals surface area contributed by atoms with Crippen LogP contribution < -0.4 is 0 Å². The Bertz CT molecular complexity index is 1070. The summed E-state index contributed by atoms with van der Waals surface area (Å²) in [5.41, 5.74) is 2.97. The van der Waals surface area contributed by atoms with E-state index < -0.39 is 0 Å². The van der Waals surface area contributed by atoms with Gasteiger partial charge in [0, 0.05) is 4.47 Å². The second-order valence-corrected chi connectivity index (χ2v) is 6.47. The van der Waals surface area contributed by atoms with Gasteiger partial charge in [-0.25, -0.2) is 0 Å². The van der Waals surface area contributed by atoms with E-state index in [1.54, 1.807) is 0 Å². The quantitative estimate of drug-likeness (QED) is 0.367. The van der Waals surface area contributed by atoms with Gasteiger partial charge in [-0.3, -0.25) is 0 Å². The molecule has 1 nitrogen and oxygen atoms in total. The predicted octanol–water partition coefficient (Wildman–Crippen LogP) is 6.29. The summed E-state index contributed by atoms with van der Waals surface area (Å²) in [5, 5.41) is 13.9. The van der Waals surface area contributed by atoms with Crippen LogP contribution in [0.5, 0.6) is 0 Å². The lowest BCUT2D eigenvalue weighted by Gasteiger charge is -2.08. The fraction of sp³-hybridized carbons (Fsp3) is 0. The standard InChI is InChI=1S/C21H12BrN/c22-19-10-9-17-6-5-16-7-8-18(11-20(16)21(17)12-19)15-3-1-14(13-23)2-4-15/h1-12H. The first-order valence-electron chi connectivity index (χ1n) is 7.37. The maximum atomic E-state index is 8.93. The monoisotopic (exact) mass is 357 g/mol. The number of benzene rings is 4. The Morgan fingerprint density at radius 1 is 0.652 bits per heavy atom. The average Bonchev–Trinajstić information content (AvgIpc) is 2.61. The SMILES string of the molecule is N#Cc1ccc(-c2ccc3ccc4ccc(Br)cc4c3c2)cc1. The van der Waals surface area contributed by atoms with E-state index in [0.717, 1.165) is 15.6 Å². The van der Waals surface area contributed by atoms with Crippen LogP contribution >= 0.6 is 15.9 Å². The Morgan fingerprint density at radius 3 is 1.91 bits per heavy atom. The number of nitrogens with zero attached hydrogens (tertiary/aromatic N) is 1. The number of fused-ring (bicyclic) bond motifs is 3. The van der Waals surface area contributed by atoms with E-state index >= 15 is 0 Å². The molecule has 4 aromatic rings. The zero-order valence-electron chi connectivity index (χ0n) is 12.3. The Kier molecular flexibility index (Phi) is 3.37. The molecule has 0 aromatic heterocycles. The van der Waals surface area contributed by atoms with Crippen LogP contribution in [0.4, 0.5) is 0 Å². The lowest BCUT2D eigenvalue weighted by Crippen LogP contribution is -1.82. The summed E-state index contributed by atoms with van der Waals surface area (Å²) < 4.78 is 1.08. The molecule has 0 aliphatic carbocycles. The van der Waals surface area contributed by atoms with Gasteiger partial charge in [-0.15, -0.1) is 0 Å². The van der Waals surface area contributed by atoms with Crippen molar-refractivity contribution in [3.05, 3.63) is 82.8 Å². The van der Waals surface area contributed by atoms with Crippen LogP contribution in [-0.4, -0.2) is 0 Å². The molecular formula is C21H12BrN. The molecule has 0 N–H and O–H groups in total. The zero-order chi connectivity index (χ0) is 15.8. The van der Waals surface area contributed by atoms with E-state index in [1.807, 2.05) is 24.3 Å². The number of hydrogen-bond acceptors (Lipinski definition) is 1. The minimum Gasteiger partial charge on any atom is -0.192 e. The van der Waals surface area contributed by atoms with Gasteiger partial charge in [0.1, 0.15) is 0 Å². The molecule has 0 radical (unpaired) electrons. The molecule has 0 atom stereocenters. The van der Waals surface area contributed by atoms with Crippen molar-refractivity contribution in [2.24, 2.45) is 0 Å². The van der Waals surface area contributed by atoms with Gasteiger partial charge in [0.15, 0.2) is 0 Å². The molecule has 0 heterocycles. The van der Waals surface area contributed by atoms with Crippen molar-refractivity contribution in [3.8, 4) is 17.2 Å². The molecule has 0 spiro atoms. The normalized spacial score (nSPS) is 10.8. The average molecular weight is 358 g/mol. The van der Waals surface area contributed by atoms with Crippen LogP contribution in [0.2, 0.25) is 0 Å². The highest BCUT2D eigenvalue weighted by Crippen LogP contribution is 2.31. The highest BCUT2D eigenvalue weighted by Gasteiger charge is 2.04. The van der Waals surface area contributed by atoms with Crippen molar-refractivity contribution in [2.45, 2.75) is 0 Å². The van der Waals surface area contributed by atoms with Gasteiger partial charge in [0.2, 0.25) is 0 Å². The van der Waals surface area contributed by atoms with E-state index in [9.17, 15) is 0 Å². The lowest BCUT2D eigenvalue weighted by molar-refractivity contribution is 1.48. The Hall–Kier alpha value is -2.63. The Labute approximate surface area is 142 Å². The van der Waals surface area contributed by atoms with Crippen LogP contribution in [-0.2, 0) is 0 Å². The zero-order valence-corrected chi connectivity index (χ0v) is 13.8. The Balaban J connectivity index is 1.96. The number of hydrogen-bond donors (Lipinski definition) is 0. The summed E-state index contributed by atoms with van der Waals surface area (Å²) in [5.74, 6) is 0. The first-order valence-corrected chi connectivity index (χ1v) is 8.16. The van der Waals surface area contributed by atoms with Gasteiger partial charge in [0.05, 0.1) is 11.6 Å². The fourth-order valence-corrected chi connectivity index (χ4v) is 3.30. The van der Waals surface area contributed by atoms with Crippen molar-refractivity contribution in [1.82, 2.24) is 0 Å². The van der Waals surface area contributed by atoms with Gasteiger partial charge in [-0.1, -0.05) is 58.4 Å². The minimum atomic E-state index is 0.684. The van der Waals surface area contributed by atoms with Crippen molar-refractivity contribution >= 4 is 37.5 Å². The molecule has 0 unspecified atom stereocenters. The number of rotatable bonds is 1. The third kappa shape index (κ3) is 2.50.